The van der Waals surface area contributed by atoms with E-state index in [1.54, 1.807) is 37.3 Å². The number of hydrogen-bond donors (Lipinski definition) is 0. The van der Waals surface area contributed by atoms with Crippen molar-refractivity contribution in [2.24, 2.45) is 4.99 Å². The van der Waals surface area contributed by atoms with Gasteiger partial charge in [0, 0.05) is 6.21 Å². The van der Waals surface area contributed by atoms with E-state index in [1.165, 1.54) is 23.2 Å². The van der Waals surface area contributed by atoms with E-state index in [9.17, 15) is 14.0 Å². The van der Waals surface area contributed by atoms with Crippen molar-refractivity contribution in [1.29, 1.82) is 0 Å². The van der Waals surface area contributed by atoms with Crippen LogP contribution in [-0.4, -0.2) is 24.2 Å². The SMILES string of the molecule is Cc1ccc(N2C(=O)C3C=Nc4ccccc4N3C2=O)c(F)c1. The highest BCUT2D eigenvalue weighted by Crippen LogP contribution is 2.38. The molecule has 1 fully saturated rings. The summed E-state index contributed by atoms with van der Waals surface area (Å²) in [6, 6.07) is 10.1. The zero-order valence-corrected chi connectivity index (χ0v) is 12.2. The number of urea groups is 1. The van der Waals surface area contributed by atoms with Crippen LogP contribution in [0.2, 0.25) is 0 Å². The van der Waals surface area contributed by atoms with Gasteiger partial charge in [-0.1, -0.05) is 18.2 Å². The van der Waals surface area contributed by atoms with Crippen LogP contribution >= 0.6 is 0 Å². The lowest BCUT2D eigenvalue weighted by atomic mass is 10.1. The molecular formula is C17H12FN3O2. The first-order valence-electron chi connectivity index (χ1n) is 7.14. The molecule has 2 aromatic rings. The topological polar surface area (TPSA) is 53.0 Å². The minimum absolute atomic E-state index is 0.0362. The molecule has 0 N–H and O–H groups in total. The van der Waals surface area contributed by atoms with Gasteiger partial charge in [-0.3, -0.25) is 14.7 Å². The van der Waals surface area contributed by atoms with Crippen molar-refractivity contribution in [2.75, 3.05) is 9.80 Å². The Bertz CT molecular complexity index is 878. The average Bonchev–Trinajstić information content (AvgIpc) is 2.80. The van der Waals surface area contributed by atoms with Gasteiger partial charge in [0.15, 0.2) is 6.04 Å². The Hall–Kier alpha value is -3.02. The maximum Gasteiger partial charge on any atom is 0.337 e. The maximum atomic E-state index is 14.2. The third kappa shape index (κ3) is 1.88. The molecule has 114 valence electrons. The number of fused-ring (bicyclic) bond motifs is 3. The molecule has 0 spiro atoms. The number of rotatable bonds is 1. The van der Waals surface area contributed by atoms with E-state index >= 15 is 0 Å². The molecule has 1 atom stereocenters. The van der Waals surface area contributed by atoms with Gasteiger partial charge in [-0.15, -0.1) is 0 Å². The van der Waals surface area contributed by atoms with Crippen molar-refractivity contribution in [3.8, 4) is 0 Å². The van der Waals surface area contributed by atoms with E-state index in [0.29, 0.717) is 11.4 Å². The lowest BCUT2D eigenvalue weighted by Gasteiger charge is -2.24. The van der Waals surface area contributed by atoms with Crippen LogP contribution in [0.25, 0.3) is 0 Å². The number of carbonyl (C=O) groups excluding carboxylic acids is 2. The number of aliphatic imine (C=N–C) groups is 1. The van der Waals surface area contributed by atoms with Crippen molar-refractivity contribution in [1.82, 2.24) is 0 Å². The normalized spacial score (nSPS) is 19.1. The molecule has 0 bridgehead atoms. The Balaban J connectivity index is 1.83. The van der Waals surface area contributed by atoms with Gasteiger partial charge in [-0.05, 0) is 36.8 Å². The number of carbonyl (C=O) groups is 2. The van der Waals surface area contributed by atoms with Gasteiger partial charge < -0.3 is 0 Å². The quantitative estimate of drug-likeness (QED) is 0.760. The third-order valence-electron chi connectivity index (χ3n) is 3.99. The van der Waals surface area contributed by atoms with Crippen molar-refractivity contribution in [3.63, 3.8) is 0 Å². The van der Waals surface area contributed by atoms with Crippen molar-refractivity contribution in [2.45, 2.75) is 13.0 Å². The monoisotopic (exact) mass is 309 g/mol. The van der Waals surface area contributed by atoms with Gasteiger partial charge in [-0.25, -0.2) is 14.1 Å². The number of hydrogen-bond acceptors (Lipinski definition) is 3. The molecule has 23 heavy (non-hydrogen) atoms. The van der Waals surface area contributed by atoms with Crippen LogP contribution in [0, 0.1) is 12.7 Å². The van der Waals surface area contributed by atoms with Crippen LogP contribution in [0.3, 0.4) is 0 Å². The predicted octanol–water partition coefficient (Wildman–Crippen LogP) is 3.19. The van der Waals surface area contributed by atoms with Crippen molar-refractivity contribution < 1.29 is 14.0 Å². The van der Waals surface area contributed by atoms with Crippen molar-refractivity contribution in [3.05, 3.63) is 53.8 Å². The van der Waals surface area contributed by atoms with Crippen LogP contribution in [0.5, 0.6) is 0 Å². The molecule has 2 aliphatic rings. The number of amides is 3. The fraction of sp³-hybridized carbons (Fsp3) is 0.118. The summed E-state index contributed by atoms with van der Waals surface area (Å²) in [6.07, 6.45) is 1.43. The summed E-state index contributed by atoms with van der Waals surface area (Å²) in [5, 5.41) is 0. The molecule has 2 heterocycles. The fourth-order valence-corrected chi connectivity index (χ4v) is 2.89. The molecule has 1 saturated heterocycles. The smallest absolute Gasteiger partial charge is 0.274 e. The standard InChI is InChI=1S/C17H12FN3O2/c1-10-6-7-13(11(18)8-10)21-16(22)15-9-19-12-4-2-3-5-14(12)20(15)17(21)23/h2-9,15H,1H3. The highest BCUT2D eigenvalue weighted by atomic mass is 19.1. The molecule has 2 aromatic carbocycles. The highest BCUT2D eigenvalue weighted by molar-refractivity contribution is 6.34. The molecule has 6 heteroatoms. The molecule has 1 unspecified atom stereocenters. The summed E-state index contributed by atoms with van der Waals surface area (Å²) in [4.78, 5) is 31.8. The molecular weight excluding hydrogens is 297 g/mol. The van der Waals surface area contributed by atoms with Gasteiger partial charge in [0.25, 0.3) is 5.91 Å². The third-order valence-corrected chi connectivity index (χ3v) is 3.99. The number of aryl methyl sites for hydroxylation is 1. The Labute approximate surface area is 131 Å². The number of halogens is 1. The summed E-state index contributed by atoms with van der Waals surface area (Å²) in [6.45, 7) is 1.74. The van der Waals surface area contributed by atoms with Crippen LogP contribution in [0.4, 0.5) is 26.2 Å². The number of anilines is 2. The second-order valence-electron chi connectivity index (χ2n) is 5.49. The molecule has 0 aliphatic carbocycles. The van der Waals surface area contributed by atoms with Gasteiger partial charge >= 0.3 is 6.03 Å². The molecule has 4 rings (SSSR count). The zero-order chi connectivity index (χ0) is 16.1. The molecule has 2 aliphatic heterocycles. The van der Waals surface area contributed by atoms with Crippen LogP contribution in [0.1, 0.15) is 5.56 Å². The lowest BCUT2D eigenvalue weighted by molar-refractivity contribution is -0.116. The number of imide groups is 1. The van der Waals surface area contributed by atoms with E-state index in [2.05, 4.69) is 4.99 Å². The number of para-hydroxylation sites is 2. The van der Waals surface area contributed by atoms with Gasteiger partial charge in [-0.2, -0.15) is 0 Å². The van der Waals surface area contributed by atoms with Gasteiger partial charge in [0.2, 0.25) is 0 Å². The first-order valence-corrected chi connectivity index (χ1v) is 7.14. The Morgan fingerprint density at radius 2 is 1.87 bits per heavy atom. The molecule has 3 amide bonds. The van der Waals surface area contributed by atoms with Crippen LogP contribution in [0.15, 0.2) is 47.5 Å². The highest BCUT2D eigenvalue weighted by Gasteiger charge is 2.48. The molecule has 0 saturated carbocycles. The van der Waals surface area contributed by atoms with E-state index in [4.69, 9.17) is 0 Å². The van der Waals surface area contributed by atoms with Crippen LogP contribution in [-0.2, 0) is 4.79 Å². The second kappa shape index (κ2) is 4.74. The maximum absolute atomic E-state index is 14.2. The molecule has 0 radical (unpaired) electrons. The summed E-state index contributed by atoms with van der Waals surface area (Å²) in [7, 11) is 0. The zero-order valence-electron chi connectivity index (χ0n) is 12.2. The van der Waals surface area contributed by atoms with Gasteiger partial charge in [0.05, 0.1) is 17.1 Å². The Kier molecular flexibility index (Phi) is 2.81. The first-order chi connectivity index (χ1) is 11.1. The van der Waals surface area contributed by atoms with E-state index < -0.39 is 23.8 Å². The molecule has 0 aromatic heterocycles. The summed E-state index contributed by atoms with van der Waals surface area (Å²) >= 11 is 0. The Morgan fingerprint density at radius 1 is 1.09 bits per heavy atom. The number of benzene rings is 2. The minimum Gasteiger partial charge on any atom is -0.274 e. The average molecular weight is 309 g/mol. The summed E-state index contributed by atoms with van der Waals surface area (Å²) in [5.74, 6) is -1.10. The fourth-order valence-electron chi connectivity index (χ4n) is 2.89. The largest absolute Gasteiger partial charge is 0.337 e. The van der Waals surface area contributed by atoms with Gasteiger partial charge in [0.1, 0.15) is 5.82 Å². The lowest BCUT2D eigenvalue weighted by Crippen LogP contribution is -2.38. The van der Waals surface area contributed by atoms with E-state index in [-0.39, 0.29) is 5.69 Å². The van der Waals surface area contributed by atoms with E-state index in [1.807, 2.05) is 0 Å². The Morgan fingerprint density at radius 3 is 2.65 bits per heavy atom. The summed E-state index contributed by atoms with van der Waals surface area (Å²) in [5.41, 5.74) is 1.84. The number of nitrogens with zero attached hydrogens (tertiary/aromatic N) is 3. The molecule has 5 nitrogen and oxygen atoms in total. The van der Waals surface area contributed by atoms with E-state index in [0.717, 1.165) is 10.5 Å². The minimum atomic E-state index is -0.835. The second-order valence-corrected chi connectivity index (χ2v) is 5.49. The summed E-state index contributed by atoms with van der Waals surface area (Å²) < 4.78 is 14.2. The van der Waals surface area contributed by atoms with Crippen LogP contribution < -0.4 is 9.80 Å². The van der Waals surface area contributed by atoms with Crippen molar-refractivity contribution >= 4 is 35.2 Å². The predicted molar refractivity (Wildman–Crippen MR) is 84.9 cm³/mol. The first kappa shape index (κ1) is 13.6.